The second-order valence-corrected chi connectivity index (χ2v) is 6.42. The van der Waals surface area contributed by atoms with Crippen molar-refractivity contribution >= 4 is 17.5 Å². The van der Waals surface area contributed by atoms with Gasteiger partial charge in [-0.3, -0.25) is 14.6 Å². The highest BCUT2D eigenvalue weighted by molar-refractivity contribution is 6.05. The van der Waals surface area contributed by atoms with Gasteiger partial charge in [-0.05, 0) is 36.8 Å². The lowest BCUT2D eigenvalue weighted by atomic mass is 10.1. The highest BCUT2D eigenvalue weighted by Crippen LogP contribution is 2.18. The monoisotopic (exact) mass is 389 g/mol. The molecule has 1 aromatic heterocycles. The summed E-state index contributed by atoms with van der Waals surface area (Å²) in [7, 11) is 1.57. The first kappa shape index (κ1) is 20.1. The van der Waals surface area contributed by atoms with E-state index < -0.39 is 0 Å². The summed E-state index contributed by atoms with van der Waals surface area (Å²) in [6.07, 6.45) is 1.48. The third kappa shape index (κ3) is 5.19. The van der Waals surface area contributed by atoms with Gasteiger partial charge in [-0.25, -0.2) is 0 Å². The number of hydrogen-bond acceptors (Lipinski definition) is 4. The van der Waals surface area contributed by atoms with E-state index in [-0.39, 0.29) is 17.5 Å². The van der Waals surface area contributed by atoms with Crippen LogP contribution in [-0.4, -0.2) is 35.4 Å². The second kappa shape index (κ2) is 9.50. The zero-order chi connectivity index (χ0) is 20.6. The van der Waals surface area contributed by atoms with Crippen LogP contribution in [0.1, 0.15) is 33.3 Å². The molecule has 6 nitrogen and oxygen atoms in total. The average molecular weight is 389 g/mol. The molecule has 0 aliphatic heterocycles. The first-order valence-electron chi connectivity index (χ1n) is 9.35. The molecular formula is C23H23N3O3. The van der Waals surface area contributed by atoms with Gasteiger partial charge in [0.05, 0.1) is 7.11 Å². The predicted octanol–water partition coefficient (Wildman–Crippen LogP) is 4.00. The fourth-order valence-corrected chi connectivity index (χ4v) is 2.89. The third-order valence-electron chi connectivity index (χ3n) is 4.45. The van der Waals surface area contributed by atoms with Crippen LogP contribution in [0.2, 0.25) is 0 Å². The van der Waals surface area contributed by atoms with E-state index in [1.54, 1.807) is 42.3 Å². The van der Waals surface area contributed by atoms with Gasteiger partial charge in [0.1, 0.15) is 11.4 Å². The van der Waals surface area contributed by atoms with Gasteiger partial charge in [-0.15, -0.1) is 0 Å². The maximum absolute atomic E-state index is 12.9. The van der Waals surface area contributed by atoms with E-state index in [0.717, 1.165) is 5.56 Å². The molecular weight excluding hydrogens is 366 g/mol. The van der Waals surface area contributed by atoms with Crippen molar-refractivity contribution in [3.63, 3.8) is 0 Å². The number of hydrogen-bond donors (Lipinski definition) is 1. The van der Waals surface area contributed by atoms with Crippen LogP contribution in [0.4, 0.5) is 5.69 Å². The summed E-state index contributed by atoms with van der Waals surface area (Å²) in [5.41, 5.74) is 2.25. The van der Waals surface area contributed by atoms with Crippen molar-refractivity contribution < 1.29 is 14.3 Å². The maximum atomic E-state index is 12.9. The lowest BCUT2D eigenvalue weighted by molar-refractivity contribution is 0.0746. The van der Waals surface area contributed by atoms with Crippen LogP contribution in [0.5, 0.6) is 5.75 Å². The molecule has 6 heteroatoms. The predicted molar refractivity (Wildman–Crippen MR) is 112 cm³/mol. The van der Waals surface area contributed by atoms with Gasteiger partial charge >= 0.3 is 0 Å². The Balaban J connectivity index is 1.75. The largest absolute Gasteiger partial charge is 0.497 e. The molecule has 0 aliphatic rings. The van der Waals surface area contributed by atoms with E-state index >= 15 is 0 Å². The molecule has 0 bridgehead atoms. The Labute approximate surface area is 170 Å². The standard InChI is InChI=1S/C23H23N3O3/c1-3-26(16-17-8-5-4-6-9-17)23(28)21-14-18(12-13-24-21)22(27)25-19-10-7-11-20(15-19)29-2/h4-15H,3,16H2,1-2H3,(H,25,27). The Morgan fingerprint density at radius 3 is 2.55 bits per heavy atom. The Bertz CT molecular complexity index is 989. The first-order valence-corrected chi connectivity index (χ1v) is 9.35. The maximum Gasteiger partial charge on any atom is 0.272 e. The van der Waals surface area contributed by atoms with Crippen LogP contribution in [0.3, 0.4) is 0 Å². The number of benzene rings is 2. The van der Waals surface area contributed by atoms with E-state index in [2.05, 4.69) is 10.3 Å². The summed E-state index contributed by atoms with van der Waals surface area (Å²) < 4.78 is 5.17. The Morgan fingerprint density at radius 2 is 1.83 bits per heavy atom. The average Bonchev–Trinajstić information content (AvgIpc) is 2.78. The van der Waals surface area contributed by atoms with Crippen LogP contribution in [-0.2, 0) is 6.54 Å². The number of rotatable bonds is 7. The minimum atomic E-state index is -0.319. The number of methoxy groups -OCH3 is 1. The summed E-state index contributed by atoms with van der Waals surface area (Å²) in [5, 5.41) is 2.81. The number of amides is 2. The second-order valence-electron chi connectivity index (χ2n) is 6.42. The molecule has 3 aromatic rings. The number of anilines is 1. The number of nitrogens with one attached hydrogen (secondary N) is 1. The first-order chi connectivity index (χ1) is 14.1. The molecule has 29 heavy (non-hydrogen) atoms. The molecule has 0 aliphatic carbocycles. The van der Waals surface area contributed by atoms with Crippen molar-refractivity contribution in [2.24, 2.45) is 0 Å². The molecule has 0 atom stereocenters. The summed E-state index contributed by atoms with van der Waals surface area (Å²) >= 11 is 0. The number of pyridine rings is 1. The van der Waals surface area contributed by atoms with Gasteiger partial charge in [0, 0.05) is 36.6 Å². The van der Waals surface area contributed by atoms with Gasteiger partial charge in [-0.1, -0.05) is 36.4 Å². The smallest absolute Gasteiger partial charge is 0.272 e. The number of aromatic nitrogens is 1. The lowest BCUT2D eigenvalue weighted by Crippen LogP contribution is -2.31. The molecule has 2 amide bonds. The fourth-order valence-electron chi connectivity index (χ4n) is 2.89. The zero-order valence-electron chi connectivity index (χ0n) is 16.5. The van der Waals surface area contributed by atoms with Gasteiger partial charge in [0.2, 0.25) is 0 Å². The molecule has 1 N–H and O–H groups in total. The van der Waals surface area contributed by atoms with Gasteiger partial charge in [-0.2, -0.15) is 0 Å². The van der Waals surface area contributed by atoms with Crippen molar-refractivity contribution in [3.8, 4) is 5.75 Å². The Hall–Kier alpha value is -3.67. The van der Waals surface area contributed by atoms with Crippen LogP contribution in [0.25, 0.3) is 0 Å². The van der Waals surface area contributed by atoms with Crippen molar-refractivity contribution in [1.29, 1.82) is 0 Å². The molecule has 0 radical (unpaired) electrons. The minimum absolute atomic E-state index is 0.215. The summed E-state index contributed by atoms with van der Waals surface area (Å²) in [6, 6.07) is 20.0. The third-order valence-corrected chi connectivity index (χ3v) is 4.45. The molecule has 0 unspecified atom stereocenters. The summed E-state index contributed by atoms with van der Waals surface area (Å²) in [4.78, 5) is 31.4. The van der Waals surface area contributed by atoms with E-state index in [4.69, 9.17) is 4.74 Å². The van der Waals surface area contributed by atoms with Crippen LogP contribution >= 0.6 is 0 Å². The van der Waals surface area contributed by atoms with Gasteiger partial charge in [0.15, 0.2) is 0 Å². The number of ether oxygens (including phenoxy) is 1. The fraction of sp³-hybridized carbons (Fsp3) is 0.174. The molecule has 0 fully saturated rings. The molecule has 1 heterocycles. The van der Waals surface area contributed by atoms with E-state index in [9.17, 15) is 9.59 Å². The Kier molecular flexibility index (Phi) is 6.58. The van der Waals surface area contributed by atoms with Crippen molar-refractivity contribution in [1.82, 2.24) is 9.88 Å². The quantitative estimate of drug-likeness (QED) is 0.663. The van der Waals surface area contributed by atoms with Crippen molar-refractivity contribution in [2.75, 3.05) is 19.0 Å². The zero-order valence-corrected chi connectivity index (χ0v) is 16.5. The molecule has 0 saturated heterocycles. The summed E-state index contributed by atoms with van der Waals surface area (Å²) in [5.74, 6) is 0.112. The molecule has 0 spiro atoms. The van der Waals surface area contributed by atoms with E-state index in [0.29, 0.717) is 30.1 Å². The van der Waals surface area contributed by atoms with Gasteiger partial charge in [0.25, 0.3) is 11.8 Å². The number of carbonyl (C=O) groups excluding carboxylic acids is 2. The van der Waals surface area contributed by atoms with Gasteiger partial charge < -0.3 is 15.0 Å². The molecule has 0 saturated carbocycles. The lowest BCUT2D eigenvalue weighted by Gasteiger charge is -2.20. The highest BCUT2D eigenvalue weighted by atomic mass is 16.5. The van der Waals surface area contributed by atoms with Crippen LogP contribution in [0, 0.1) is 0 Å². The topological polar surface area (TPSA) is 71.5 Å². The normalized spacial score (nSPS) is 10.3. The SMILES string of the molecule is CCN(Cc1ccccc1)C(=O)c1cc(C(=O)Nc2cccc(OC)c2)ccn1. The van der Waals surface area contributed by atoms with E-state index in [1.807, 2.05) is 37.3 Å². The number of nitrogens with zero attached hydrogens (tertiary/aromatic N) is 2. The minimum Gasteiger partial charge on any atom is -0.497 e. The highest BCUT2D eigenvalue weighted by Gasteiger charge is 2.18. The molecule has 3 rings (SSSR count). The van der Waals surface area contributed by atoms with Crippen molar-refractivity contribution in [2.45, 2.75) is 13.5 Å². The molecule has 2 aromatic carbocycles. The molecule has 148 valence electrons. The van der Waals surface area contributed by atoms with Crippen LogP contribution in [0.15, 0.2) is 72.9 Å². The summed E-state index contributed by atoms with van der Waals surface area (Å²) in [6.45, 7) is 2.94. The van der Waals surface area contributed by atoms with Crippen molar-refractivity contribution in [3.05, 3.63) is 89.7 Å². The number of carbonyl (C=O) groups is 2. The van der Waals surface area contributed by atoms with Crippen LogP contribution < -0.4 is 10.1 Å². The van der Waals surface area contributed by atoms with E-state index in [1.165, 1.54) is 12.3 Å². The Morgan fingerprint density at radius 1 is 1.03 bits per heavy atom.